The topological polar surface area (TPSA) is 34.1 Å². The molecule has 2 aromatic rings. The van der Waals surface area contributed by atoms with Crippen LogP contribution in [-0.4, -0.2) is 11.5 Å². The van der Waals surface area contributed by atoms with Gasteiger partial charge in [-0.05, 0) is 47.7 Å². The molecule has 0 radical (unpaired) electrons. The summed E-state index contributed by atoms with van der Waals surface area (Å²) in [6.07, 6.45) is 2.91. The van der Waals surface area contributed by atoms with E-state index in [-0.39, 0.29) is 0 Å². The molecule has 0 unspecified atom stereocenters. The average molecular weight is 284 g/mol. The van der Waals surface area contributed by atoms with Gasteiger partial charge in [-0.25, -0.2) is 4.98 Å². The number of nitrogens with zero attached hydrogens (tertiary/aromatic N) is 1. The lowest BCUT2D eigenvalue weighted by molar-refractivity contribution is 0.306. The molecule has 0 saturated carbocycles. The molecular weight excluding hydrogens is 260 g/mol. The van der Waals surface area contributed by atoms with Crippen LogP contribution < -0.4 is 10.1 Å². The van der Waals surface area contributed by atoms with Gasteiger partial charge in [0.05, 0.1) is 0 Å². The minimum Gasteiger partial charge on any atom is -0.489 e. The van der Waals surface area contributed by atoms with Crippen LogP contribution in [0.25, 0.3) is 0 Å². The van der Waals surface area contributed by atoms with Crippen LogP contribution in [0.4, 0.5) is 5.82 Å². The molecule has 3 heteroatoms. The quantitative estimate of drug-likeness (QED) is 0.806. The molecule has 0 aliphatic rings. The normalized spacial score (nSPS) is 10.7. The van der Waals surface area contributed by atoms with Crippen LogP contribution in [0.3, 0.4) is 0 Å². The molecule has 1 heterocycles. The van der Waals surface area contributed by atoms with Gasteiger partial charge in [-0.3, -0.25) is 0 Å². The lowest BCUT2D eigenvalue weighted by atomic mass is 10.0. The van der Waals surface area contributed by atoms with Gasteiger partial charge in [0, 0.05) is 12.7 Å². The smallest absolute Gasteiger partial charge is 0.126 e. The van der Waals surface area contributed by atoms with Gasteiger partial charge in [0.2, 0.25) is 0 Å². The number of hydrogen-bond acceptors (Lipinski definition) is 3. The van der Waals surface area contributed by atoms with Crippen LogP contribution in [0.1, 0.15) is 44.2 Å². The largest absolute Gasteiger partial charge is 0.489 e. The second-order valence-electron chi connectivity index (χ2n) is 5.49. The maximum absolute atomic E-state index is 5.83. The van der Waals surface area contributed by atoms with E-state index in [1.165, 1.54) is 5.56 Å². The van der Waals surface area contributed by atoms with Gasteiger partial charge in [0.25, 0.3) is 0 Å². The Labute approximate surface area is 127 Å². The number of rotatable bonds is 7. The van der Waals surface area contributed by atoms with E-state index in [0.29, 0.717) is 12.5 Å². The van der Waals surface area contributed by atoms with E-state index < -0.39 is 0 Å². The molecule has 0 spiro atoms. The van der Waals surface area contributed by atoms with Crippen molar-refractivity contribution in [1.29, 1.82) is 0 Å². The predicted molar refractivity (Wildman–Crippen MR) is 87.9 cm³/mol. The summed E-state index contributed by atoms with van der Waals surface area (Å²) in [4.78, 5) is 4.30. The Morgan fingerprint density at radius 1 is 1.14 bits per heavy atom. The third-order valence-corrected chi connectivity index (χ3v) is 3.33. The Morgan fingerprint density at radius 2 is 1.90 bits per heavy atom. The molecule has 1 N–H and O–H groups in total. The minimum atomic E-state index is 0.548. The summed E-state index contributed by atoms with van der Waals surface area (Å²) in [5.74, 6) is 2.36. The van der Waals surface area contributed by atoms with Crippen molar-refractivity contribution in [3.63, 3.8) is 0 Å². The first kappa shape index (κ1) is 15.4. The van der Waals surface area contributed by atoms with Gasteiger partial charge in [-0.2, -0.15) is 0 Å². The van der Waals surface area contributed by atoms with Crippen molar-refractivity contribution in [2.45, 2.75) is 39.7 Å². The van der Waals surface area contributed by atoms with Crippen LogP contribution in [0.5, 0.6) is 5.75 Å². The van der Waals surface area contributed by atoms with Gasteiger partial charge >= 0.3 is 0 Å². The van der Waals surface area contributed by atoms with E-state index in [0.717, 1.165) is 30.1 Å². The Morgan fingerprint density at radius 3 is 2.57 bits per heavy atom. The first-order chi connectivity index (χ1) is 10.2. The molecule has 0 aliphatic heterocycles. The lowest BCUT2D eigenvalue weighted by Gasteiger charge is -2.10. The first-order valence-corrected chi connectivity index (χ1v) is 7.60. The number of hydrogen-bond donors (Lipinski definition) is 1. The third-order valence-electron chi connectivity index (χ3n) is 3.33. The number of pyridine rings is 1. The van der Waals surface area contributed by atoms with Crippen LogP contribution in [0.2, 0.25) is 0 Å². The molecule has 1 aromatic carbocycles. The summed E-state index contributed by atoms with van der Waals surface area (Å²) in [5, 5.41) is 3.29. The summed E-state index contributed by atoms with van der Waals surface area (Å²) in [7, 11) is 0. The second-order valence-corrected chi connectivity index (χ2v) is 5.49. The van der Waals surface area contributed by atoms with Crippen LogP contribution in [0.15, 0.2) is 42.6 Å². The molecular formula is C18H24N2O. The molecule has 1 aromatic heterocycles. The minimum absolute atomic E-state index is 0.548. The van der Waals surface area contributed by atoms with E-state index in [4.69, 9.17) is 4.74 Å². The molecule has 0 bridgehead atoms. The molecule has 0 amide bonds. The van der Waals surface area contributed by atoms with Crippen molar-refractivity contribution in [2.24, 2.45) is 0 Å². The molecule has 0 saturated heterocycles. The molecule has 0 fully saturated rings. The van der Waals surface area contributed by atoms with Crippen LogP contribution >= 0.6 is 0 Å². The highest BCUT2D eigenvalue weighted by molar-refractivity contribution is 5.37. The highest BCUT2D eigenvalue weighted by atomic mass is 16.5. The van der Waals surface area contributed by atoms with E-state index >= 15 is 0 Å². The standard InChI is InChI=1S/C18H24N2O/c1-4-10-19-18-12-15(9-11-20-18)13-21-17-7-5-16(6-8-17)14(2)3/h5-9,11-12,14H,4,10,13H2,1-3H3,(H,19,20). The summed E-state index contributed by atoms with van der Waals surface area (Å²) in [5.41, 5.74) is 2.45. The molecule has 21 heavy (non-hydrogen) atoms. The number of anilines is 1. The van der Waals surface area contributed by atoms with Crippen molar-refractivity contribution < 1.29 is 4.74 Å². The summed E-state index contributed by atoms with van der Waals surface area (Å²) >= 11 is 0. The Hall–Kier alpha value is -2.03. The molecule has 0 aliphatic carbocycles. The zero-order valence-electron chi connectivity index (χ0n) is 13.1. The van der Waals surface area contributed by atoms with Gasteiger partial charge in [-0.15, -0.1) is 0 Å². The van der Waals surface area contributed by atoms with E-state index in [1.807, 2.05) is 30.5 Å². The van der Waals surface area contributed by atoms with Gasteiger partial charge in [0.15, 0.2) is 0 Å². The zero-order valence-corrected chi connectivity index (χ0v) is 13.1. The average Bonchev–Trinajstić information content (AvgIpc) is 2.52. The fourth-order valence-corrected chi connectivity index (χ4v) is 2.03. The number of benzene rings is 1. The molecule has 112 valence electrons. The first-order valence-electron chi connectivity index (χ1n) is 7.60. The SMILES string of the molecule is CCCNc1cc(COc2ccc(C(C)C)cc2)ccn1. The van der Waals surface area contributed by atoms with Crippen LogP contribution in [-0.2, 0) is 6.61 Å². The molecule has 2 rings (SSSR count). The third kappa shape index (κ3) is 4.78. The van der Waals surface area contributed by atoms with Crippen molar-refractivity contribution in [3.8, 4) is 5.75 Å². The Balaban J connectivity index is 1.93. The highest BCUT2D eigenvalue weighted by Gasteiger charge is 2.01. The number of aromatic nitrogens is 1. The molecule has 3 nitrogen and oxygen atoms in total. The zero-order chi connectivity index (χ0) is 15.1. The van der Waals surface area contributed by atoms with E-state index in [1.54, 1.807) is 0 Å². The highest BCUT2D eigenvalue weighted by Crippen LogP contribution is 2.19. The predicted octanol–water partition coefficient (Wildman–Crippen LogP) is 4.61. The Kier molecular flexibility index (Phi) is 5.61. The summed E-state index contributed by atoms with van der Waals surface area (Å²) in [6.45, 7) is 8.02. The van der Waals surface area contributed by atoms with Gasteiger partial charge in [-0.1, -0.05) is 32.9 Å². The number of ether oxygens (including phenoxy) is 1. The maximum Gasteiger partial charge on any atom is 0.126 e. The maximum atomic E-state index is 5.83. The van der Waals surface area contributed by atoms with Crippen molar-refractivity contribution in [3.05, 3.63) is 53.7 Å². The van der Waals surface area contributed by atoms with Crippen molar-refractivity contribution in [1.82, 2.24) is 4.98 Å². The van der Waals surface area contributed by atoms with E-state index in [2.05, 4.69) is 43.2 Å². The fourth-order valence-electron chi connectivity index (χ4n) is 2.03. The Bertz CT molecular complexity index is 549. The fraction of sp³-hybridized carbons (Fsp3) is 0.389. The van der Waals surface area contributed by atoms with Crippen LogP contribution in [0, 0.1) is 0 Å². The van der Waals surface area contributed by atoms with Crippen molar-refractivity contribution >= 4 is 5.82 Å². The molecule has 0 atom stereocenters. The monoisotopic (exact) mass is 284 g/mol. The summed E-state index contributed by atoms with van der Waals surface area (Å²) in [6, 6.07) is 12.3. The lowest BCUT2D eigenvalue weighted by Crippen LogP contribution is -2.03. The second kappa shape index (κ2) is 7.67. The summed E-state index contributed by atoms with van der Waals surface area (Å²) < 4.78 is 5.83. The van der Waals surface area contributed by atoms with E-state index in [9.17, 15) is 0 Å². The van der Waals surface area contributed by atoms with Crippen molar-refractivity contribution in [2.75, 3.05) is 11.9 Å². The number of nitrogens with one attached hydrogen (secondary N) is 1. The van der Waals surface area contributed by atoms with Gasteiger partial charge in [0.1, 0.15) is 18.2 Å². The van der Waals surface area contributed by atoms with Gasteiger partial charge < -0.3 is 10.1 Å².